The quantitative estimate of drug-likeness (QED) is 0.746. The number of likely N-dealkylation sites (tertiary alicyclic amines) is 1. The number of para-hydroxylation sites is 1. The molecule has 1 fully saturated rings. The third-order valence-electron chi connectivity index (χ3n) is 4.80. The number of aliphatic hydroxyl groups is 1. The minimum absolute atomic E-state index is 0.181. The average molecular weight is 320 g/mol. The Hall–Kier alpha value is -1.14. The van der Waals surface area contributed by atoms with Gasteiger partial charge in [-0.15, -0.1) is 0 Å². The van der Waals surface area contributed by atoms with Gasteiger partial charge in [-0.05, 0) is 29.9 Å². The Morgan fingerprint density at radius 2 is 2.22 bits per heavy atom. The van der Waals surface area contributed by atoms with E-state index in [1.54, 1.807) is 7.11 Å². The molecule has 1 saturated heterocycles. The number of anilines is 1. The summed E-state index contributed by atoms with van der Waals surface area (Å²) in [6.45, 7) is 5.27. The Labute approximate surface area is 138 Å². The number of benzene rings is 1. The van der Waals surface area contributed by atoms with Gasteiger partial charge in [0, 0.05) is 45.6 Å². The highest BCUT2D eigenvalue weighted by Gasteiger charge is 2.28. The first kappa shape index (κ1) is 16.7. The summed E-state index contributed by atoms with van der Waals surface area (Å²) in [5.41, 5.74) is 4.09. The Bertz CT molecular complexity index is 509. The van der Waals surface area contributed by atoms with E-state index in [2.05, 4.69) is 28.4 Å². The van der Waals surface area contributed by atoms with Crippen LogP contribution in [0.3, 0.4) is 0 Å². The Balaban J connectivity index is 1.63. The van der Waals surface area contributed by atoms with Gasteiger partial charge in [0.25, 0.3) is 0 Å². The lowest BCUT2D eigenvalue weighted by molar-refractivity contribution is -0.0453. The van der Waals surface area contributed by atoms with Crippen LogP contribution in [-0.2, 0) is 22.4 Å². The van der Waals surface area contributed by atoms with E-state index in [1.165, 1.54) is 16.8 Å². The Morgan fingerprint density at radius 1 is 1.30 bits per heavy atom. The number of fused-ring (bicyclic) bond motifs is 1. The van der Waals surface area contributed by atoms with Gasteiger partial charge in [-0.3, -0.25) is 4.90 Å². The van der Waals surface area contributed by atoms with Gasteiger partial charge in [0.15, 0.2) is 0 Å². The lowest BCUT2D eigenvalue weighted by atomic mass is 9.95. The van der Waals surface area contributed by atoms with Crippen LogP contribution in [0, 0.1) is 5.92 Å². The lowest BCUT2D eigenvalue weighted by Crippen LogP contribution is -2.45. The number of hydrogen-bond acceptors (Lipinski definition) is 5. The number of aliphatic hydroxyl groups excluding tert-OH is 1. The molecule has 0 aromatic heterocycles. The molecule has 0 bridgehead atoms. The van der Waals surface area contributed by atoms with Crippen LogP contribution >= 0.6 is 0 Å². The average Bonchev–Trinajstić information content (AvgIpc) is 3.05. The standard InChI is InChI=1S/C18H28N2O3/c1-22-7-8-23-17-9-14(13-21)10-20(12-17)11-16-4-2-3-15-5-6-19-18(15)16/h2-4,14,17,19,21H,5-13H2,1H3. The molecule has 0 radical (unpaired) electrons. The first-order chi connectivity index (χ1) is 11.3. The molecule has 5 nitrogen and oxygen atoms in total. The number of hydrogen-bond donors (Lipinski definition) is 2. The van der Waals surface area contributed by atoms with Crippen molar-refractivity contribution in [1.82, 2.24) is 4.90 Å². The molecule has 0 aliphatic carbocycles. The number of nitrogens with zero attached hydrogens (tertiary/aromatic N) is 1. The highest BCUT2D eigenvalue weighted by Crippen LogP contribution is 2.29. The molecule has 128 valence electrons. The number of nitrogens with one attached hydrogen (secondary N) is 1. The SMILES string of the molecule is COCCOC1CC(CO)CN(Cc2cccc3c2NCC3)C1. The number of rotatable bonds is 7. The summed E-state index contributed by atoms with van der Waals surface area (Å²) in [5.74, 6) is 0.293. The van der Waals surface area contributed by atoms with Gasteiger partial charge < -0.3 is 19.9 Å². The molecule has 2 heterocycles. The van der Waals surface area contributed by atoms with Gasteiger partial charge in [-0.25, -0.2) is 0 Å². The van der Waals surface area contributed by atoms with Gasteiger partial charge >= 0.3 is 0 Å². The third-order valence-corrected chi connectivity index (χ3v) is 4.80. The fraction of sp³-hybridized carbons (Fsp3) is 0.667. The van der Waals surface area contributed by atoms with Gasteiger partial charge in [-0.2, -0.15) is 0 Å². The molecular weight excluding hydrogens is 292 g/mol. The highest BCUT2D eigenvalue weighted by atomic mass is 16.5. The van der Waals surface area contributed by atoms with Crippen molar-refractivity contribution in [2.45, 2.75) is 25.5 Å². The van der Waals surface area contributed by atoms with Crippen LogP contribution in [0.25, 0.3) is 0 Å². The van der Waals surface area contributed by atoms with Crippen molar-refractivity contribution in [3.8, 4) is 0 Å². The van der Waals surface area contributed by atoms with Crippen molar-refractivity contribution in [2.75, 3.05) is 51.9 Å². The second kappa shape index (κ2) is 8.11. The van der Waals surface area contributed by atoms with Crippen LogP contribution in [0.15, 0.2) is 18.2 Å². The van der Waals surface area contributed by atoms with Crippen molar-refractivity contribution >= 4 is 5.69 Å². The molecule has 1 aromatic rings. The molecule has 2 N–H and O–H groups in total. The molecule has 0 spiro atoms. The van der Waals surface area contributed by atoms with Crippen LogP contribution in [0.1, 0.15) is 17.5 Å². The second-order valence-electron chi connectivity index (χ2n) is 6.59. The maximum atomic E-state index is 9.60. The van der Waals surface area contributed by atoms with Gasteiger partial charge in [0.1, 0.15) is 0 Å². The normalized spacial score (nSPS) is 24.4. The van der Waals surface area contributed by atoms with Crippen LogP contribution in [0.5, 0.6) is 0 Å². The van der Waals surface area contributed by atoms with Gasteiger partial charge in [0.2, 0.25) is 0 Å². The van der Waals surface area contributed by atoms with E-state index in [1.807, 2.05) is 0 Å². The molecule has 0 amide bonds. The molecule has 0 saturated carbocycles. The van der Waals surface area contributed by atoms with Gasteiger partial charge in [0.05, 0.1) is 19.3 Å². The molecule has 2 unspecified atom stereocenters. The Morgan fingerprint density at radius 3 is 3.04 bits per heavy atom. The van der Waals surface area contributed by atoms with Crippen molar-refractivity contribution in [2.24, 2.45) is 5.92 Å². The van der Waals surface area contributed by atoms with Crippen LogP contribution < -0.4 is 5.32 Å². The summed E-state index contributed by atoms with van der Waals surface area (Å²) in [6, 6.07) is 6.57. The minimum atomic E-state index is 0.181. The molecule has 23 heavy (non-hydrogen) atoms. The molecular formula is C18H28N2O3. The highest BCUT2D eigenvalue weighted by molar-refractivity contribution is 5.61. The zero-order valence-electron chi connectivity index (χ0n) is 14.0. The molecule has 5 heteroatoms. The molecule has 2 aliphatic rings. The molecule has 1 aromatic carbocycles. The fourth-order valence-corrected chi connectivity index (χ4v) is 3.71. The second-order valence-corrected chi connectivity index (χ2v) is 6.59. The minimum Gasteiger partial charge on any atom is -0.396 e. The molecule has 2 atom stereocenters. The number of piperidine rings is 1. The van der Waals surface area contributed by atoms with E-state index in [-0.39, 0.29) is 12.7 Å². The topological polar surface area (TPSA) is 54.0 Å². The Kier molecular flexibility index (Phi) is 5.89. The first-order valence-electron chi connectivity index (χ1n) is 8.58. The van der Waals surface area contributed by atoms with E-state index in [0.717, 1.165) is 39.0 Å². The first-order valence-corrected chi connectivity index (χ1v) is 8.58. The third kappa shape index (κ3) is 4.23. The van der Waals surface area contributed by atoms with E-state index < -0.39 is 0 Å². The largest absolute Gasteiger partial charge is 0.396 e. The van der Waals surface area contributed by atoms with E-state index in [9.17, 15) is 5.11 Å². The maximum absolute atomic E-state index is 9.60. The van der Waals surface area contributed by atoms with E-state index in [0.29, 0.717) is 19.1 Å². The maximum Gasteiger partial charge on any atom is 0.0707 e. The van der Waals surface area contributed by atoms with Crippen molar-refractivity contribution < 1.29 is 14.6 Å². The summed E-state index contributed by atoms with van der Waals surface area (Å²) < 4.78 is 11.0. The predicted molar refractivity (Wildman–Crippen MR) is 90.7 cm³/mol. The predicted octanol–water partition coefficient (Wildman–Crippen LogP) is 1.50. The van der Waals surface area contributed by atoms with E-state index >= 15 is 0 Å². The fourth-order valence-electron chi connectivity index (χ4n) is 3.71. The van der Waals surface area contributed by atoms with Crippen LogP contribution in [0.2, 0.25) is 0 Å². The lowest BCUT2D eigenvalue weighted by Gasteiger charge is -2.37. The van der Waals surface area contributed by atoms with Crippen LogP contribution in [-0.4, -0.2) is 62.7 Å². The summed E-state index contributed by atoms with van der Waals surface area (Å²) in [5, 5.41) is 13.1. The number of methoxy groups -OCH3 is 1. The summed E-state index contributed by atoms with van der Waals surface area (Å²) in [4.78, 5) is 2.41. The molecule has 3 rings (SSSR count). The molecule has 2 aliphatic heterocycles. The van der Waals surface area contributed by atoms with E-state index in [4.69, 9.17) is 9.47 Å². The van der Waals surface area contributed by atoms with Gasteiger partial charge in [-0.1, -0.05) is 18.2 Å². The van der Waals surface area contributed by atoms with Crippen molar-refractivity contribution in [1.29, 1.82) is 0 Å². The van der Waals surface area contributed by atoms with Crippen LogP contribution in [0.4, 0.5) is 5.69 Å². The summed E-state index contributed by atoms with van der Waals surface area (Å²) >= 11 is 0. The van der Waals surface area contributed by atoms with Crippen molar-refractivity contribution in [3.05, 3.63) is 29.3 Å². The smallest absolute Gasteiger partial charge is 0.0707 e. The zero-order chi connectivity index (χ0) is 16.1. The number of ether oxygens (including phenoxy) is 2. The zero-order valence-corrected chi connectivity index (χ0v) is 14.0. The van der Waals surface area contributed by atoms with Crippen molar-refractivity contribution in [3.63, 3.8) is 0 Å². The summed E-state index contributed by atoms with van der Waals surface area (Å²) in [6.07, 6.45) is 2.23. The summed E-state index contributed by atoms with van der Waals surface area (Å²) in [7, 11) is 1.69. The monoisotopic (exact) mass is 320 g/mol.